The van der Waals surface area contributed by atoms with E-state index in [2.05, 4.69) is 16.0 Å². The van der Waals surface area contributed by atoms with Crippen LogP contribution in [0.2, 0.25) is 0 Å². The van der Waals surface area contributed by atoms with E-state index in [9.17, 15) is 57.8 Å². The molecule has 23 nitrogen and oxygen atoms in total. The molecule has 0 saturated carbocycles. The summed E-state index contributed by atoms with van der Waals surface area (Å²) in [6.07, 6.45) is -0.488. The van der Waals surface area contributed by atoms with Crippen molar-refractivity contribution in [2.45, 2.75) is 176 Å². The summed E-state index contributed by atoms with van der Waals surface area (Å²) in [4.78, 5) is 165. The topological polar surface area (TPSA) is 282 Å². The number of esters is 1. The lowest BCUT2D eigenvalue weighted by molar-refractivity contribution is -0.165. The van der Waals surface area contributed by atoms with E-state index in [1.807, 2.05) is 6.92 Å². The molecule has 0 aromatic heterocycles. The van der Waals surface area contributed by atoms with E-state index >= 15 is 0 Å². The number of aliphatic carboxylic acids is 1. The van der Waals surface area contributed by atoms with Crippen molar-refractivity contribution in [3.8, 4) is 5.75 Å². The lowest BCUT2D eigenvalue weighted by atomic mass is 9.92. The van der Waals surface area contributed by atoms with Crippen LogP contribution in [0.3, 0.4) is 0 Å². The van der Waals surface area contributed by atoms with Crippen LogP contribution in [0, 0.1) is 29.6 Å². The second kappa shape index (κ2) is 30.1. The molecule has 2 heterocycles. The van der Waals surface area contributed by atoms with Crippen LogP contribution in [0.4, 0.5) is 0 Å². The van der Waals surface area contributed by atoms with Crippen LogP contribution in [0.5, 0.6) is 5.75 Å². The van der Waals surface area contributed by atoms with Crippen molar-refractivity contribution in [3.05, 3.63) is 29.8 Å². The highest BCUT2D eigenvalue weighted by Crippen LogP contribution is 2.26. The number of nitrogens with zero attached hydrogens (tertiary/aromatic N) is 6. The van der Waals surface area contributed by atoms with Gasteiger partial charge in [0.1, 0.15) is 54.1 Å². The van der Waals surface area contributed by atoms with Crippen molar-refractivity contribution in [1.82, 2.24) is 45.3 Å². The van der Waals surface area contributed by atoms with E-state index < -0.39 is 162 Å². The molecule has 9 amide bonds. The van der Waals surface area contributed by atoms with E-state index in [0.717, 1.165) is 14.7 Å². The quantitative estimate of drug-likeness (QED) is 0.219. The van der Waals surface area contributed by atoms with Gasteiger partial charge in [0.2, 0.25) is 47.3 Å². The molecule has 23 heteroatoms. The maximum Gasteiger partial charge on any atom is 0.329 e. The van der Waals surface area contributed by atoms with Crippen LogP contribution in [-0.2, 0) is 63.9 Å². The van der Waals surface area contributed by atoms with Crippen molar-refractivity contribution in [2.75, 3.05) is 55.4 Å². The van der Waals surface area contributed by atoms with Crippen LogP contribution in [0.1, 0.15) is 120 Å². The summed E-state index contributed by atoms with van der Waals surface area (Å²) in [6, 6.07) is -3.77. The van der Waals surface area contributed by atoms with Gasteiger partial charge in [0, 0.05) is 48.2 Å². The third-order valence-electron chi connectivity index (χ3n) is 15.8. The molecule has 0 bridgehead atoms. The van der Waals surface area contributed by atoms with Gasteiger partial charge in [-0.3, -0.25) is 47.9 Å². The number of rotatable bonds is 12. The average molecular weight is 1130 g/mol. The maximum absolute atomic E-state index is 14.9. The number of cyclic esters (lactones) is 1. The monoisotopic (exact) mass is 1130 g/mol. The SMILES string of the molecule is CCC(C)[C@H]1C(=O)NCC(=O)N(C)[C@@H](C(C)C)C(=O)N[C@@H](Cc2ccc(OC)cc2)C(=O)O[C@@H](C)C(=O)N2CCCC[C@H]2C(=O)N(C)[C@@H](C(C)C)C(=O)N[C@@H](C(C)C)C(=O)N(C)[C@@H](CC(=O)O)C(=O)N(C)[C@@H](C(C)CC)C(=O)N1C. The highest BCUT2D eigenvalue weighted by Gasteiger charge is 2.46. The Labute approximate surface area is 472 Å². The van der Waals surface area contributed by atoms with Crippen molar-refractivity contribution in [3.63, 3.8) is 0 Å². The highest BCUT2D eigenvalue weighted by atomic mass is 16.5. The van der Waals surface area contributed by atoms with Crippen LogP contribution in [0.15, 0.2) is 24.3 Å². The summed E-state index contributed by atoms with van der Waals surface area (Å²) in [5.74, 6) is -11.4. The molecule has 1 aromatic rings. The fraction of sp³-hybridized carbons (Fsp3) is 0.702. The smallest absolute Gasteiger partial charge is 0.329 e. The largest absolute Gasteiger partial charge is 0.497 e. The first kappa shape index (κ1) is 67.5. The standard InChI is InChI=1S/C57H91N9O14/c1-18-34(9)47-49(70)58-30-42(67)62(13)45(32(5)6)50(71)59-39(28-37-23-25-38(79-17)26-24-37)57(78)80-36(11)52(73)66-27-21-20-22-40(66)53(74)63(14)46(33(7)8)51(72)60-44(31(3)4)55(76)61(12)41(29-43(68)69)54(75)65(16)48(35(10)19-2)56(77)64(47)15/h23-26,31-36,39-41,44-48H,18-22,27-30H2,1-17H3,(H,58,70)(H,59,71)(H,60,72)(H,68,69)/t34?,35?,36-,39-,40-,41-,44-,45-,46-,47-,48-/m0/s1. The van der Waals surface area contributed by atoms with Crippen LogP contribution < -0.4 is 20.7 Å². The summed E-state index contributed by atoms with van der Waals surface area (Å²) < 4.78 is 11.2. The van der Waals surface area contributed by atoms with E-state index in [-0.39, 0.29) is 19.4 Å². The number of likely N-dealkylation sites (N-methyl/N-ethyl adjacent to an activating group) is 5. The average Bonchev–Trinajstić information content (AvgIpc) is 3.41. The molecule has 0 aliphatic carbocycles. The molecule has 1 aromatic carbocycles. The first-order chi connectivity index (χ1) is 37.4. The molecule has 2 fully saturated rings. The summed E-state index contributed by atoms with van der Waals surface area (Å²) in [5, 5.41) is 18.4. The van der Waals surface area contributed by atoms with Crippen molar-refractivity contribution >= 4 is 65.1 Å². The number of carboxylic acid groups (broad SMARTS) is 1. The molecule has 448 valence electrons. The van der Waals surface area contributed by atoms with Crippen molar-refractivity contribution < 1.29 is 67.3 Å². The van der Waals surface area contributed by atoms with Crippen LogP contribution in [-0.4, -0.2) is 209 Å². The Morgan fingerprint density at radius 2 is 1.16 bits per heavy atom. The Hall–Kier alpha value is -6.81. The van der Waals surface area contributed by atoms with E-state index in [4.69, 9.17) is 9.47 Å². The normalized spacial score (nSPS) is 26.7. The molecule has 3 rings (SSSR count). The van der Waals surface area contributed by atoms with Gasteiger partial charge in [0.05, 0.1) is 20.1 Å². The van der Waals surface area contributed by atoms with E-state index in [1.165, 1.54) is 64.0 Å². The third-order valence-corrected chi connectivity index (χ3v) is 15.8. The molecule has 11 atom stereocenters. The zero-order chi connectivity index (χ0) is 60.8. The molecular formula is C57H91N9O14. The van der Waals surface area contributed by atoms with Gasteiger partial charge in [-0.15, -0.1) is 0 Å². The lowest BCUT2D eigenvalue weighted by Gasteiger charge is -2.41. The molecule has 0 radical (unpaired) electrons. The zero-order valence-corrected chi connectivity index (χ0v) is 50.2. The Morgan fingerprint density at radius 3 is 1.69 bits per heavy atom. The predicted octanol–water partition coefficient (Wildman–Crippen LogP) is 2.32. The van der Waals surface area contributed by atoms with Gasteiger partial charge in [0.25, 0.3) is 5.91 Å². The van der Waals surface area contributed by atoms with Crippen LogP contribution >= 0.6 is 0 Å². The number of ether oxygens (including phenoxy) is 2. The molecule has 0 spiro atoms. The minimum absolute atomic E-state index is 0.106. The first-order valence-electron chi connectivity index (χ1n) is 27.9. The number of hydrogen-bond acceptors (Lipinski definition) is 13. The second-order valence-corrected chi connectivity index (χ2v) is 22.6. The van der Waals surface area contributed by atoms with E-state index in [1.54, 1.807) is 86.6 Å². The summed E-state index contributed by atoms with van der Waals surface area (Å²) in [5.41, 5.74) is 0.581. The lowest BCUT2D eigenvalue weighted by Crippen LogP contribution is -2.63. The fourth-order valence-electron chi connectivity index (χ4n) is 10.7. The van der Waals surface area contributed by atoms with Gasteiger partial charge in [-0.1, -0.05) is 94.2 Å². The number of carbonyl (C=O) groups is 11. The predicted molar refractivity (Wildman–Crippen MR) is 297 cm³/mol. The molecule has 2 unspecified atom stereocenters. The number of methoxy groups -OCH3 is 1. The third kappa shape index (κ3) is 16.6. The fourth-order valence-corrected chi connectivity index (χ4v) is 10.7. The second-order valence-electron chi connectivity index (χ2n) is 22.6. The number of nitrogens with one attached hydrogen (secondary N) is 3. The summed E-state index contributed by atoms with van der Waals surface area (Å²) in [7, 11) is 8.24. The summed E-state index contributed by atoms with van der Waals surface area (Å²) >= 11 is 0. The minimum atomic E-state index is -1.69. The number of benzene rings is 1. The van der Waals surface area contributed by atoms with Gasteiger partial charge in [-0.2, -0.15) is 0 Å². The van der Waals surface area contributed by atoms with Gasteiger partial charge in [-0.25, -0.2) is 4.79 Å². The number of carbonyl (C=O) groups excluding carboxylic acids is 10. The molecule has 2 aliphatic heterocycles. The number of fused-ring (bicyclic) bond motifs is 1. The van der Waals surface area contributed by atoms with Gasteiger partial charge < -0.3 is 59.9 Å². The Bertz CT molecular complexity index is 2380. The molecular weight excluding hydrogens is 1030 g/mol. The number of amides is 9. The van der Waals surface area contributed by atoms with Crippen molar-refractivity contribution in [1.29, 1.82) is 0 Å². The van der Waals surface area contributed by atoms with Gasteiger partial charge >= 0.3 is 11.9 Å². The Kier molecular flexibility index (Phi) is 25.4. The Morgan fingerprint density at radius 1 is 0.637 bits per heavy atom. The number of hydrogen-bond donors (Lipinski definition) is 4. The van der Waals surface area contributed by atoms with E-state index in [0.29, 0.717) is 37.0 Å². The number of piperidine rings is 1. The summed E-state index contributed by atoms with van der Waals surface area (Å²) in [6.45, 7) is 18.0. The highest BCUT2D eigenvalue weighted by molar-refractivity contribution is 5.99. The molecule has 2 aliphatic rings. The van der Waals surface area contributed by atoms with Crippen molar-refractivity contribution in [2.24, 2.45) is 29.6 Å². The molecule has 2 saturated heterocycles. The van der Waals surface area contributed by atoms with Gasteiger partial charge in [0.15, 0.2) is 6.10 Å². The zero-order valence-electron chi connectivity index (χ0n) is 50.2. The molecule has 4 N–H and O–H groups in total. The Balaban J connectivity index is 2.27. The van der Waals surface area contributed by atoms with Crippen LogP contribution in [0.25, 0.3) is 0 Å². The molecule has 80 heavy (non-hydrogen) atoms. The van der Waals surface area contributed by atoms with Gasteiger partial charge in [-0.05, 0) is 73.5 Å². The first-order valence-corrected chi connectivity index (χ1v) is 27.9. The number of carboxylic acids is 1. The maximum atomic E-state index is 14.9. The minimum Gasteiger partial charge on any atom is -0.497 e.